The second-order valence-corrected chi connectivity index (χ2v) is 16.8. The Kier molecular flexibility index (Phi) is 7.80. The zero-order chi connectivity index (χ0) is 27.0. The van der Waals surface area contributed by atoms with Crippen LogP contribution in [0.25, 0.3) is 11.4 Å². The molecule has 0 spiro atoms. The van der Waals surface area contributed by atoms with E-state index in [2.05, 4.69) is 61.3 Å². The summed E-state index contributed by atoms with van der Waals surface area (Å²) in [6.07, 6.45) is 3.92. The number of amides is 2. The van der Waals surface area contributed by atoms with Crippen molar-refractivity contribution < 1.29 is 14.0 Å². The molecule has 2 amide bonds. The molecule has 3 heterocycles. The molecule has 2 aromatic rings. The Morgan fingerprint density at radius 3 is 2.30 bits per heavy atom. The van der Waals surface area contributed by atoms with Gasteiger partial charge in [-0.25, -0.2) is 9.48 Å². The van der Waals surface area contributed by atoms with E-state index in [1.54, 1.807) is 7.05 Å². The standard InChI is InChI=1S/C27H41N5O4Si/c1-27(2,3)37(5,6)36-18-15-19-13-16-31(17-14-19)21-9-7-20(8-10-21)24-29-32(26(35)30(24)4)22-11-12-23(33)28-25(22)34/h7-10,19,22H,11-18H2,1-6H3,(H,28,33,34). The van der Waals surface area contributed by atoms with Crippen LogP contribution in [0.4, 0.5) is 5.69 Å². The van der Waals surface area contributed by atoms with Crippen molar-refractivity contribution in [2.75, 3.05) is 24.6 Å². The zero-order valence-corrected chi connectivity index (χ0v) is 24.0. The van der Waals surface area contributed by atoms with Crippen LogP contribution in [0.1, 0.15) is 58.9 Å². The third kappa shape index (κ3) is 5.90. The number of benzene rings is 1. The van der Waals surface area contributed by atoms with E-state index in [1.807, 2.05) is 12.1 Å². The molecular weight excluding hydrogens is 486 g/mol. The summed E-state index contributed by atoms with van der Waals surface area (Å²) in [5.41, 5.74) is 1.61. The van der Waals surface area contributed by atoms with Crippen molar-refractivity contribution in [2.45, 2.75) is 77.0 Å². The third-order valence-corrected chi connectivity index (χ3v) is 12.9. The maximum absolute atomic E-state index is 12.8. The topological polar surface area (TPSA) is 98.5 Å². The first-order valence-electron chi connectivity index (χ1n) is 13.4. The Labute approximate surface area is 220 Å². The van der Waals surface area contributed by atoms with E-state index in [1.165, 1.54) is 9.25 Å². The van der Waals surface area contributed by atoms with Gasteiger partial charge in [0.25, 0.3) is 5.91 Å². The number of hydrogen-bond donors (Lipinski definition) is 1. The summed E-state index contributed by atoms with van der Waals surface area (Å²) in [5.74, 6) is 0.408. The minimum absolute atomic E-state index is 0.198. The van der Waals surface area contributed by atoms with E-state index in [-0.39, 0.29) is 29.5 Å². The van der Waals surface area contributed by atoms with Gasteiger partial charge in [-0.2, -0.15) is 0 Å². The van der Waals surface area contributed by atoms with Crippen LogP contribution >= 0.6 is 0 Å². The van der Waals surface area contributed by atoms with Crippen molar-refractivity contribution in [3.8, 4) is 11.4 Å². The summed E-state index contributed by atoms with van der Waals surface area (Å²) in [6.45, 7) is 14.4. The lowest BCUT2D eigenvalue weighted by Gasteiger charge is -2.37. The largest absolute Gasteiger partial charge is 0.417 e. The molecule has 1 aromatic carbocycles. The SMILES string of the molecule is Cn1c(-c2ccc(N3CCC(CCO[Si](C)(C)C(C)(C)C)CC3)cc2)nn(C2CCC(=O)NC2=O)c1=O. The molecule has 0 saturated carbocycles. The van der Waals surface area contributed by atoms with Crippen LogP contribution in [0.3, 0.4) is 0 Å². The molecule has 2 saturated heterocycles. The van der Waals surface area contributed by atoms with Crippen LogP contribution in [0.2, 0.25) is 18.1 Å². The van der Waals surface area contributed by atoms with E-state index in [4.69, 9.17) is 4.43 Å². The Morgan fingerprint density at radius 2 is 1.70 bits per heavy atom. The van der Waals surface area contributed by atoms with Gasteiger partial charge in [0.05, 0.1) is 0 Å². The van der Waals surface area contributed by atoms with Gasteiger partial charge in [-0.05, 0) is 74.0 Å². The molecule has 10 heteroatoms. The number of nitrogens with one attached hydrogen (secondary N) is 1. The summed E-state index contributed by atoms with van der Waals surface area (Å²) in [5, 5.41) is 7.01. The molecule has 2 aliphatic rings. The van der Waals surface area contributed by atoms with Gasteiger partial charge in [-0.1, -0.05) is 20.8 Å². The minimum atomic E-state index is -1.68. The van der Waals surface area contributed by atoms with E-state index >= 15 is 0 Å². The van der Waals surface area contributed by atoms with Crippen LogP contribution in [-0.2, 0) is 21.1 Å². The maximum Gasteiger partial charge on any atom is 0.346 e. The van der Waals surface area contributed by atoms with Crippen LogP contribution in [0.5, 0.6) is 0 Å². The predicted octanol–water partition coefficient (Wildman–Crippen LogP) is 3.85. The summed E-state index contributed by atoms with van der Waals surface area (Å²) in [6, 6.07) is 7.34. The van der Waals surface area contributed by atoms with Gasteiger partial charge in [0.15, 0.2) is 14.1 Å². The van der Waals surface area contributed by atoms with E-state index in [9.17, 15) is 14.4 Å². The van der Waals surface area contributed by atoms with Gasteiger partial charge in [0.1, 0.15) is 6.04 Å². The number of anilines is 1. The van der Waals surface area contributed by atoms with Crippen molar-refractivity contribution in [2.24, 2.45) is 13.0 Å². The quantitative estimate of drug-likeness (QED) is 0.434. The highest BCUT2D eigenvalue weighted by molar-refractivity contribution is 6.74. The molecule has 0 aliphatic carbocycles. The summed E-state index contributed by atoms with van der Waals surface area (Å²) < 4.78 is 9.04. The number of piperidine rings is 2. The zero-order valence-electron chi connectivity index (χ0n) is 23.0. The van der Waals surface area contributed by atoms with E-state index in [0.29, 0.717) is 11.7 Å². The van der Waals surface area contributed by atoms with Crippen LogP contribution in [-0.4, -0.2) is 54.2 Å². The molecule has 1 N–H and O–H groups in total. The number of aromatic nitrogens is 3. The van der Waals surface area contributed by atoms with Crippen molar-refractivity contribution in [1.29, 1.82) is 0 Å². The van der Waals surface area contributed by atoms with Gasteiger partial charge in [0.2, 0.25) is 5.91 Å². The second-order valence-electron chi connectivity index (χ2n) is 12.0. The molecule has 4 rings (SSSR count). The number of hydrogen-bond acceptors (Lipinski definition) is 6. The Balaban J connectivity index is 1.35. The molecule has 0 radical (unpaired) electrons. The number of imide groups is 1. The summed E-state index contributed by atoms with van der Waals surface area (Å²) in [7, 11) is -0.0297. The lowest BCUT2D eigenvalue weighted by Crippen LogP contribution is -2.44. The summed E-state index contributed by atoms with van der Waals surface area (Å²) >= 11 is 0. The first kappa shape index (κ1) is 27.3. The van der Waals surface area contributed by atoms with Gasteiger partial charge in [-0.3, -0.25) is 19.5 Å². The number of carbonyl (C=O) groups is 2. The van der Waals surface area contributed by atoms with Crippen molar-refractivity contribution in [3.63, 3.8) is 0 Å². The Hall–Kier alpha value is -2.72. The monoisotopic (exact) mass is 527 g/mol. The number of carbonyl (C=O) groups excluding carboxylic acids is 2. The highest BCUT2D eigenvalue weighted by atomic mass is 28.4. The molecule has 2 aliphatic heterocycles. The van der Waals surface area contributed by atoms with Gasteiger partial charge < -0.3 is 9.33 Å². The van der Waals surface area contributed by atoms with E-state index in [0.717, 1.165) is 50.2 Å². The van der Waals surface area contributed by atoms with E-state index < -0.39 is 20.3 Å². The lowest BCUT2D eigenvalue weighted by atomic mass is 9.93. The third-order valence-electron chi connectivity index (χ3n) is 8.41. The molecule has 9 nitrogen and oxygen atoms in total. The van der Waals surface area contributed by atoms with Crippen LogP contribution < -0.4 is 15.9 Å². The maximum atomic E-state index is 12.8. The Morgan fingerprint density at radius 1 is 1.05 bits per heavy atom. The molecule has 1 atom stereocenters. The molecule has 0 bridgehead atoms. The van der Waals surface area contributed by atoms with Crippen molar-refractivity contribution >= 4 is 25.8 Å². The molecule has 1 unspecified atom stereocenters. The fourth-order valence-electron chi connectivity index (χ4n) is 4.82. The average molecular weight is 528 g/mol. The first-order chi connectivity index (χ1) is 17.4. The highest BCUT2D eigenvalue weighted by Crippen LogP contribution is 2.37. The van der Waals surface area contributed by atoms with Gasteiger partial charge in [-0.15, -0.1) is 5.10 Å². The highest BCUT2D eigenvalue weighted by Gasteiger charge is 2.37. The van der Waals surface area contributed by atoms with Crippen LogP contribution in [0.15, 0.2) is 29.1 Å². The van der Waals surface area contributed by atoms with Crippen LogP contribution in [0, 0.1) is 5.92 Å². The predicted molar refractivity (Wildman–Crippen MR) is 147 cm³/mol. The summed E-state index contributed by atoms with van der Waals surface area (Å²) in [4.78, 5) is 38.9. The van der Waals surface area contributed by atoms with Crippen molar-refractivity contribution in [3.05, 3.63) is 34.7 Å². The molecule has 37 heavy (non-hydrogen) atoms. The minimum Gasteiger partial charge on any atom is -0.417 e. The number of rotatable bonds is 7. The van der Waals surface area contributed by atoms with Gasteiger partial charge in [0, 0.05) is 44.4 Å². The molecular formula is C27H41N5O4Si. The first-order valence-corrected chi connectivity index (χ1v) is 16.3. The fraction of sp³-hybridized carbons (Fsp3) is 0.630. The molecule has 1 aromatic heterocycles. The van der Waals surface area contributed by atoms with Crippen molar-refractivity contribution in [1.82, 2.24) is 19.7 Å². The normalized spacial score (nSPS) is 19.8. The second kappa shape index (κ2) is 10.6. The average Bonchev–Trinajstić information content (AvgIpc) is 3.13. The molecule has 2 fully saturated rings. The number of nitrogens with zero attached hydrogens (tertiary/aromatic N) is 4. The lowest BCUT2D eigenvalue weighted by molar-refractivity contribution is -0.136. The fourth-order valence-corrected chi connectivity index (χ4v) is 5.89. The molecule has 202 valence electrons. The smallest absolute Gasteiger partial charge is 0.346 e. The Bertz CT molecular complexity index is 1190. The van der Waals surface area contributed by atoms with Gasteiger partial charge >= 0.3 is 5.69 Å².